The van der Waals surface area contributed by atoms with Crippen LogP contribution in [0.15, 0.2) is 22.7 Å². The van der Waals surface area contributed by atoms with Crippen LogP contribution in [-0.4, -0.2) is 42.9 Å². The normalized spacial score (nSPS) is 16.0. The van der Waals surface area contributed by atoms with Gasteiger partial charge >= 0.3 is 0 Å². The molecule has 0 saturated carbocycles. The van der Waals surface area contributed by atoms with Gasteiger partial charge in [-0.25, -0.2) is 0 Å². The van der Waals surface area contributed by atoms with Crippen LogP contribution in [0, 0.1) is 6.92 Å². The Kier molecular flexibility index (Phi) is 4.55. The van der Waals surface area contributed by atoms with Crippen molar-refractivity contribution < 1.29 is 9.59 Å². The van der Waals surface area contributed by atoms with E-state index in [0.717, 1.165) is 15.7 Å². The lowest BCUT2D eigenvalue weighted by Gasteiger charge is -2.25. The fraction of sp³-hybridized carbons (Fsp3) is 0.385. The molecule has 1 fully saturated rings. The van der Waals surface area contributed by atoms with E-state index in [0.29, 0.717) is 13.1 Å². The highest BCUT2D eigenvalue weighted by Gasteiger charge is 2.18. The van der Waals surface area contributed by atoms with E-state index in [4.69, 9.17) is 0 Å². The maximum atomic E-state index is 11.9. The van der Waals surface area contributed by atoms with Gasteiger partial charge in [0.25, 0.3) is 0 Å². The molecular weight excluding hydrogens is 310 g/mol. The fourth-order valence-corrected chi connectivity index (χ4v) is 2.20. The first-order chi connectivity index (χ1) is 9.04. The van der Waals surface area contributed by atoms with Crippen molar-refractivity contribution in [1.29, 1.82) is 0 Å². The zero-order valence-electron chi connectivity index (χ0n) is 10.7. The van der Waals surface area contributed by atoms with E-state index < -0.39 is 0 Å². The van der Waals surface area contributed by atoms with Gasteiger partial charge in [0.2, 0.25) is 11.8 Å². The quantitative estimate of drug-likeness (QED) is 0.875. The molecule has 5 nitrogen and oxygen atoms in total. The zero-order chi connectivity index (χ0) is 13.8. The summed E-state index contributed by atoms with van der Waals surface area (Å²) >= 11 is 3.42. The van der Waals surface area contributed by atoms with Gasteiger partial charge in [-0.05, 0) is 30.7 Å². The second-order valence-corrected chi connectivity index (χ2v) is 5.43. The smallest absolute Gasteiger partial charge is 0.238 e. The molecule has 1 aromatic carbocycles. The second kappa shape index (κ2) is 6.16. The Balaban J connectivity index is 1.90. The number of benzene rings is 1. The molecular formula is C13H16BrN3O2. The molecule has 2 N–H and O–H groups in total. The minimum Gasteiger partial charge on any atom is -0.354 e. The van der Waals surface area contributed by atoms with Gasteiger partial charge in [-0.3, -0.25) is 14.5 Å². The molecule has 6 heteroatoms. The van der Waals surface area contributed by atoms with Crippen LogP contribution in [0.25, 0.3) is 0 Å². The monoisotopic (exact) mass is 325 g/mol. The second-order valence-electron chi connectivity index (χ2n) is 4.57. The Bertz CT molecular complexity index is 505. The van der Waals surface area contributed by atoms with Crippen LogP contribution in [0.5, 0.6) is 0 Å². The lowest BCUT2D eigenvalue weighted by Crippen LogP contribution is -2.49. The van der Waals surface area contributed by atoms with Crippen molar-refractivity contribution in [1.82, 2.24) is 10.2 Å². The van der Waals surface area contributed by atoms with Crippen LogP contribution in [0.3, 0.4) is 0 Å². The fourth-order valence-electron chi connectivity index (χ4n) is 1.95. The molecule has 19 heavy (non-hydrogen) atoms. The number of piperazine rings is 1. The number of aryl methyl sites for hydroxylation is 1. The number of anilines is 1. The number of amides is 2. The van der Waals surface area contributed by atoms with E-state index in [1.54, 1.807) is 0 Å². The predicted octanol–water partition coefficient (Wildman–Crippen LogP) is 1.13. The molecule has 0 unspecified atom stereocenters. The van der Waals surface area contributed by atoms with E-state index >= 15 is 0 Å². The lowest BCUT2D eigenvalue weighted by molar-refractivity contribution is -0.125. The molecule has 0 atom stereocenters. The molecule has 0 aliphatic carbocycles. The third-order valence-corrected chi connectivity index (χ3v) is 3.82. The number of carbonyl (C=O) groups excluding carboxylic acids is 2. The largest absolute Gasteiger partial charge is 0.354 e. The summed E-state index contributed by atoms with van der Waals surface area (Å²) in [6.45, 7) is 3.80. The van der Waals surface area contributed by atoms with Gasteiger partial charge in [-0.1, -0.05) is 15.9 Å². The molecule has 0 spiro atoms. The molecule has 2 amide bonds. The van der Waals surface area contributed by atoms with Crippen molar-refractivity contribution in [2.75, 3.05) is 31.5 Å². The van der Waals surface area contributed by atoms with Gasteiger partial charge in [-0.15, -0.1) is 0 Å². The molecule has 1 aromatic rings. The summed E-state index contributed by atoms with van der Waals surface area (Å²) in [5, 5.41) is 5.57. The lowest BCUT2D eigenvalue weighted by atomic mass is 10.2. The molecule has 1 saturated heterocycles. The third-order valence-electron chi connectivity index (χ3n) is 2.93. The number of carbonyl (C=O) groups is 2. The maximum absolute atomic E-state index is 11.9. The highest BCUT2D eigenvalue weighted by Crippen LogP contribution is 2.19. The highest BCUT2D eigenvalue weighted by atomic mass is 79.9. The minimum absolute atomic E-state index is 0.0291. The van der Waals surface area contributed by atoms with E-state index in [2.05, 4.69) is 26.6 Å². The molecule has 0 bridgehead atoms. The Morgan fingerprint density at radius 1 is 1.53 bits per heavy atom. The van der Waals surface area contributed by atoms with Gasteiger partial charge in [0.1, 0.15) is 0 Å². The Labute approximate surface area is 120 Å². The van der Waals surface area contributed by atoms with Crippen LogP contribution in [0.2, 0.25) is 0 Å². The third kappa shape index (κ3) is 4.04. The summed E-state index contributed by atoms with van der Waals surface area (Å²) in [6, 6.07) is 5.65. The van der Waals surface area contributed by atoms with Gasteiger partial charge in [0.15, 0.2) is 0 Å². The van der Waals surface area contributed by atoms with E-state index in [1.807, 2.05) is 30.0 Å². The Morgan fingerprint density at radius 3 is 3.00 bits per heavy atom. The Hall–Kier alpha value is -1.40. The minimum atomic E-state index is -0.101. The van der Waals surface area contributed by atoms with Crippen LogP contribution in [0.4, 0.5) is 5.69 Å². The SMILES string of the molecule is Cc1cc(NC(=O)CN2CCNC(=O)C2)ccc1Br. The summed E-state index contributed by atoms with van der Waals surface area (Å²) in [6.07, 6.45) is 0. The molecule has 0 aromatic heterocycles. The van der Waals surface area contributed by atoms with Crippen molar-refractivity contribution in [2.24, 2.45) is 0 Å². The molecule has 102 valence electrons. The van der Waals surface area contributed by atoms with Gasteiger partial charge in [-0.2, -0.15) is 0 Å². The van der Waals surface area contributed by atoms with Gasteiger partial charge in [0.05, 0.1) is 13.1 Å². The average Bonchev–Trinajstić information content (AvgIpc) is 2.34. The number of rotatable bonds is 3. The number of nitrogens with one attached hydrogen (secondary N) is 2. The van der Waals surface area contributed by atoms with Crippen molar-refractivity contribution in [2.45, 2.75) is 6.92 Å². The summed E-state index contributed by atoms with van der Waals surface area (Å²) in [7, 11) is 0. The summed E-state index contributed by atoms with van der Waals surface area (Å²) in [4.78, 5) is 24.9. The molecule has 1 heterocycles. The molecule has 1 aliphatic heterocycles. The maximum Gasteiger partial charge on any atom is 0.238 e. The Morgan fingerprint density at radius 2 is 2.32 bits per heavy atom. The van der Waals surface area contributed by atoms with Crippen molar-refractivity contribution >= 4 is 33.4 Å². The van der Waals surface area contributed by atoms with Crippen molar-refractivity contribution in [3.8, 4) is 0 Å². The molecule has 1 aliphatic rings. The molecule has 2 rings (SSSR count). The van der Waals surface area contributed by atoms with Gasteiger partial charge < -0.3 is 10.6 Å². The number of hydrogen-bond acceptors (Lipinski definition) is 3. The van der Waals surface area contributed by atoms with E-state index in [9.17, 15) is 9.59 Å². The number of hydrogen-bond donors (Lipinski definition) is 2. The van der Waals surface area contributed by atoms with E-state index in [-0.39, 0.29) is 24.9 Å². The van der Waals surface area contributed by atoms with Crippen molar-refractivity contribution in [3.63, 3.8) is 0 Å². The number of halogens is 1. The van der Waals surface area contributed by atoms with Crippen LogP contribution in [-0.2, 0) is 9.59 Å². The zero-order valence-corrected chi connectivity index (χ0v) is 12.3. The van der Waals surface area contributed by atoms with Crippen LogP contribution in [0.1, 0.15) is 5.56 Å². The topological polar surface area (TPSA) is 61.4 Å². The first kappa shape index (κ1) is 14.0. The van der Waals surface area contributed by atoms with Gasteiger partial charge in [0, 0.05) is 23.2 Å². The predicted molar refractivity (Wildman–Crippen MR) is 77.0 cm³/mol. The first-order valence-electron chi connectivity index (χ1n) is 6.09. The van der Waals surface area contributed by atoms with E-state index in [1.165, 1.54) is 0 Å². The summed E-state index contributed by atoms with van der Waals surface area (Å²) < 4.78 is 1.01. The molecule has 0 radical (unpaired) electrons. The average molecular weight is 326 g/mol. The van der Waals surface area contributed by atoms with Crippen LogP contribution >= 0.6 is 15.9 Å². The number of nitrogens with zero attached hydrogens (tertiary/aromatic N) is 1. The summed E-state index contributed by atoms with van der Waals surface area (Å²) in [5.41, 5.74) is 1.84. The van der Waals surface area contributed by atoms with Crippen LogP contribution < -0.4 is 10.6 Å². The summed E-state index contributed by atoms with van der Waals surface area (Å²) in [5.74, 6) is -0.130. The van der Waals surface area contributed by atoms with Crippen molar-refractivity contribution in [3.05, 3.63) is 28.2 Å². The standard InChI is InChI=1S/C13H16BrN3O2/c1-9-6-10(2-3-11(9)14)16-13(19)8-17-5-4-15-12(18)7-17/h2-3,6H,4-5,7-8H2,1H3,(H,15,18)(H,16,19). The highest BCUT2D eigenvalue weighted by molar-refractivity contribution is 9.10. The first-order valence-corrected chi connectivity index (χ1v) is 6.89.